The van der Waals surface area contributed by atoms with E-state index < -0.39 is 0 Å². The van der Waals surface area contributed by atoms with Crippen molar-refractivity contribution in [1.82, 2.24) is 10.3 Å². The smallest absolute Gasteiger partial charge is 0.0900 e. The van der Waals surface area contributed by atoms with Gasteiger partial charge in [0.25, 0.3) is 0 Å². The molecule has 4 heteroatoms. The molecular weight excluding hydrogens is 216 g/mol. The number of aromatic nitrogens is 1. The molecule has 0 aliphatic heterocycles. The molecule has 1 aromatic heterocycles. The van der Waals surface area contributed by atoms with Crippen LogP contribution in [0.25, 0.3) is 0 Å². The van der Waals surface area contributed by atoms with E-state index in [-0.39, 0.29) is 12.4 Å². The van der Waals surface area contributed by atoms with Crippen molar-refractivity contribution in [3.63, 3.8) is 0 Å². The van der Waals surface area contributed by atoms with Gasteiger partial charge in [-0.05, 0) is 33.2 Å². The van der Waals surface area contributed by atoms with Crippen LogP contribution >= 0.6 is 23.7 Å². The molecule has 2 rings (SSSR count). The lowest BCUT2D eigenvalue weighted by molar-refractivity contribution is 0.522. The largest absolute Gasteiger partial charge is 0.319 e. The van der Waals surface area contributed by atoms with Gasteiger partial charge >= 0.3 is 0 Å². The highest BCUT2D eigenvalue weighted by atomic mass is 35.5. The lowest BCUT2D eigenvalue weighted by Crippen LogP contribution is -2.20. The number of rotatable bonds is 2. The summed E-state index contributed by atoms with van der Waals surface area (Å²) in [7, 11) is 2.02. The van der Waals surface area contributed by atoms with Crippen molar-refractivity contribution in [1.29, 1.82) is 0 Å². The van der Waals surface area contributed by atoms with Gasteiger partial charge in [-0.3, -0.25) is 0 Å². The SMILES string of the molecule is CNCC1CCCc2sc(C)nc21.Cl. The van der Waals surface area contributed by atoms with Gasteiger partial charge in [0, 0.05) is 17.3 Å². The highest BCUT2D eigenvalue weighted by Gasteiger charge is 2.22. The van der Waals surface area contributed by atoms with Crippen LogP contribution in [0.2, 0.25) is 0 Å². The van der Waals surface area contributed by atoms with Crippen molar-refractivity contribution >= 4 is 23.7 Å². The van der Waals surface area contributed by atoms with E-state index in [0.717, 1.165) is 6.54 Å². The monoisotopic (exact) mass is 232 g/mol. The molecule has 0 radical (unpaired) electrons. The summed E-state index contributed by atoms with van der Waals surface area (Å²) < 4.78 is 0. The molecule has 0 fully saturated rings. The van der Waals surface area contributed by atoms with Gasteiger partial charge in [0.2, 0.25) is 0 Å². The normalized spacial score (nSPS) is 20.0. The molecule has 1 N–H and O–H groups in total. The standard InChI is InChI=1S/C10H16N2S.ClH/c1-7-12-10-8(6-11-2)4-3-5-9(10)13-7;/h8,11H,3-6H2,1-2H3;1H. The lowest BCUT2D eigenvalue weighted by atomic mass is 9.91. The Hall–Kier alpha value is -0.120. The molecule has 0 amide bonds. The first-order valence-electron chi connectivity index (χ1n) is 4.92. The minimum absolute atomic E-state index is 0. The van der Waals surface area contributed by atoms with Crippen molar-refractivity contribution in [2.75, 3.05) is 13.6 Å². The van der Waals surface area contributed by atoms with Gasteiger partial charge in [-0.25, -0.2) is 4.98 Å². The first-order chi connectivity index (χ1) is 6.31. The quantitative estimate of drug-likeness (QED) is 0.848. The second kappa shape index (κ2) is 5.10. The number of likely N-dealkylation sites (N-methyl/N-ethyl adjacent to an activating group) is 1. The maximum Gasteiger partial charge on any atom is 0.0900 e. The van der Waals surface area contributed by atoms with Gasteiger partial charge in [-0.2, -0.15) is 0 Å². The summed E-state index contributed by atoms with van der Waals surface area (Å²) in [5, 5.41) is 4.48. The Morgan fingerprint density at radius 2 is 2.36 bits per heavy atom. The molecule has 1 aromatic rings. The Kier molecular flexibility index (Phi) is 4.35. The number of fused-ring (bicyclic) bond motifs is 1. The molecule has 1 unspecified atom stereocenters. The molecule has 2 nitrogen and oxygen atoms in total. The van der Waals surface area contributed by atoms with Crippen molar-refractivity contribution in [3.8, 4) is 0 Å². The summed E-state index contributed by atoms with van der Waals surface area (Å²) in [6.07, 6.45) is 3.89. The predicted octanol–water partition coefficient (Wildman–Crippen LogP) is 2.51. The molecule has 1 atom stereocenters. The third kappa shape index (κ3) is 2.27. The molecular formula is C10H17ClN2S. The predicted molar refractivity (Wildman–Crippen MR) is 63.7 cm³/mol. The molecule has 0 aromatic carbocycles. The number of hydrogen-bond donors (Lipinski definition) is 1. The van der Waals surface area contributed by atoms with E-state index in [2.05, 4.69) is 17.2 Å². The van der Waals surface area contributed by atoms with Gasteiger partial charge < -0.3 is 5.32 Å². The van der Waals surface area contributed by atoms with Crippen molar-refractivity contribution in [2.24, 2.45) is 0 Å². The Bertz CT molecular complexity index is 298. The van der Waals surface area contributed by atoms with E-state index >= 15 is 0 Å². The first-order valence-corrected chi connectivity index (χ1v) is 5.73. The summed E-state index contributed by atoms with van der Waals surface area (Å²) in [4.78, 5) is 6.16. The van der Waals surface area contributed by atoms with Gasteiger partial charge in [-0.15, -0.1) is 23.7 Å². The first kappa shape index (κ1) is 12.0. The van der Waals surface area contributed by atoms with Crippen LogP contribution in [0.15, 0.2) is 0 Å². The van der Waals surface area contributed by atoms with Crippen LogP contribution in [-0.4, -0.2) is 18.6 Å². The Labute approximate surface area is 95.5 Å². The lowest BCUT2D eigenvalue weighted by Gasteiger charge is -2.20. The molecule has 80 valence electrons. The van der Waals surface area contributed by atoms with E-state index in [1.807, 2.05) is 18.4 Å². The summed E-state index contributed by atoms with van der Waals surface area (Å²) in [6.45, 7) is 3.19. The molecule has 1 aliphatic rings. The highest BCUT2D eigenvalue weighted by Crippen LogP contribution is 2.33. The van der Waals surface area contributed by atoms with Crippen LogP contribution in [0.4, 0.5) is 0 Å². The third-order valence-corrected chi connectivity index (χ3v) is 3.67. The topological polar surface area (TPSA) is 24.9 Å². The zero-order valence-corrected chi connectivity index (χ0v) is 10.3. The van der Waals surface area contributed by atoms with E-state index in [1.54, 1.807) is 0 Å². The molecule has 1 heterocycles. The fourth-order valence-electron chi connectivity index (χ4n) is 2.07. The highest BCUT2D eigenvalue weighted by molar-refractivity contribution is 7.11. The van der Waals surface area contributed by atoms with Crippen molar-refractivity contribution in [3.05, 3.63) is 15.6 Å². The number of thiazole rings is 1. The average molecular weight is 233 g/mol. The van der Waals surface area contributed by atoms with E-state index in [1.165, 1.54) is 34.8 Å². The number of nitrogens with zero attached hydrogens (tertiary/aromatic N) is 1. The Balaban J connectivity index is 0.000000980. The number of nitrogens with one attached hydrogen (secondary N) is 1. The minimum atomic E-state index is 0. The molecule has 0 spiro atoms. The Morgan fingerprint density at radius 1 is 1.57 bits per heavy atom. The van der Waals surface area contributed by atoms with Gasteiger partial charge in [-0.1, -0.05) is 0 Å². The van der Waals surface area contributed by atoms with Gasteiger partial charge in [0.1, 0.15) is 0 Å². The second-order valence-electron chi connectivity index (χ2n) is 3.69. The average Bonchev–Trinajstić information content (AvgIpc) is 2.47. The van der Waals surface area contributed by atoms with E-state index in [9.17, 15) is 0 Å². The molecule has 1 aliphatic carbocycles. The fourth-order valence-corrected chi connectivity index (χ4v) is 3.14. The summed E-state index contributed by atoms with van der Waals surface area (Å²) in [6, 6.07) is 0. The van der Waals surface area contributed by atoms with Crippen LogP contribution in [0.5, 0.6) is 0 Å². The second-order valence-corrected chi connectivity index (χ2v) is 4.98. The number of halogens is 1. The molecule has 0 bridgehead atoms. The fraction of sp³-hybridized carbons (Fsp3) is 0.700. The molecule has 0 saturated carbocycles. The minimum Gasteiger partial charge on any atom is -0.319 e. The van der Waals surface area contributed by atoms with Gasteiger partial charge in [0.15, 0.2) is 0 Å². The zero-order chi connectivity index (χ0) is 9.26. The summed E-state index contributed by atoms with van der Waals surface area (Å²) in [5.41, 5.74) is 1.38. The van der Waals surface area contributed by atoms with E-state index in [0.29, 0.717) is 5.92 Å². The van der Waals surface area contributed by atoms with Crippen LogP contribution in [0, 0.1) is 6.92 Å². The number of hydrogen-bond acceptors (Lipinski definition) is 3. The molecule has 14 heavy (non-hydrogen) atoms. The van der Waals surface area contributed by atoms with Crippen LogP contribution < -0.4 is 5.32 Å². The van der Waals surface area contributed by atoms with Crippen molar-refractivity contribution in [2.45, 2.75) is 32.1 Å². The zero-order valence-electron chi connectivity index (χ0n) is 8.67. The summed E-state index contributed by atoms with van der Waals surface area (Å²) in [5.74, 6) is 0.665. The number of aryl methyl sites for hydroxylation is 2. The molecule has 0 saturated heterocycles. The van der Waals surface area contributed by atoms with Crippen LogP contribution in [0.3, 0.4) is 0 Å². The Morgan fingerprint density at radius 3 is 3.07 bits per heavy atom. The maximum absolute atomic E-state index is 4.63. The van der Waals surface area contributed by atoms with E-state index in [4.69, 9.17) is 0 Å². The maximum atomic E-state index is 4.63. The third-order valence-electron chi connectivity index (χ3n) is 2.63. The van der Waals surface area contributed by atoms with Crippen molar-refractivity contribution < 1.29 is 0 Å². The van der Waals surface area contributed by atoms with Gasteiger partial charge in [0.05, 0.1) is 10.7 Å². The van der Waals surface area contributed by atoms with Crippen LogP contribution in [-0.2, 0) is 6.42 Å². The summed E-state index contributed by atoms with van der Waals surface area (Å²) >= 11 is 1.88. The van der Waals surface area contributed by atoms with Crippen LogP contribution in [0.1, 0.15) is 34.3 Å².